The Morgan fingerprint density at radius 2 is 2.05 bits per heavy atom. The predicted octanol–water partition coefficient (Wildman–Crippen LogP) is 0.954. The molecule has 1 aromatic rings. The number of oxime groups is 1. The van der Waals surface area contributed by atoms with E-state index in [2.05, 4.69) is 26.9 Å². The summed E-state index contributed by atoms with van der Waals surface area (Å²) in [4.78, 5) is 8.77. The molecular formula is C13H23N5O. The summed E-state index contributed by atoms with van der Waals surface area (Å²) in [7, 11) is 4.09. The average Bonchev–Trinajstić information content (AvgIpc) is 2.42. The van der Waals surface area contributed by atoms with Crippen molar-refractivity contribution in [2.75, 3.05) is 38.6 Å². The second kappa shape index (κ2) is 7.58. The number of likely N-dealkylation sites (N-methyl/N-ethyl adjacent to an activating group) is 1. The Balaban J connectivity index is 2.89. The third-order valence-corrected chi connectivity index (χ3v) is 2.74. The van der Waals surface area contributed by atoms with Gasteiger partial charge < -0.3 is 20.7 Å². The molecule has 1 aromatic heterocycles. The molecule has 1 heterocycles. The molecule has 0 spiro atoms. The van der Waals surface area contributed by atoms with Crippen LogP contribution in [0.4, 0.5) is 5.82 Å². The van der Waals surface area contributed by atoms with Crippen LogP contribution in [0.1, 0.15) is 19.0 Å². The van der Waals surface area contributed by atoms with Crippen molar-refractivity contribution in [1.29, 1.82) is 0 Å². The number of amidine groups is 1. The number of nitrogens with two attached hydrogens (primary N) is 1. The highest BCUT2D eigenvalue weighted by Gasteiger charge is 2.09. The molecule has 6 heteroatoms. The standard InChI is InChI=1S/C13H23N5O/c1-4-8-18(10-9-17(2)3)12-7-5-6-11(15-12)13(14)16-19/h5-7,19H,4,8-10H2,1-3H3,(H2,14,16). The predicted molar refractivity (Wildman–Crippen MR) is 77.8 cm³/mol. The largest absolute Gasteiger partial charge is 0.409 e. The Kier molecular flexibility index (Phi) is 6.08. The lowest BCUT2D eigenvalue weighted by Crippen LogP contribution is -2.33. The molecule has 0 saturated carbocycles. The molecule has 0 aliphatic carbocycles. The Bertz CT molecular complexity index is 419. The summed E-state index contributed by atoms with van der Waals surface area (Å²) in [5, 5.41) is 11.7. The molecule has 106 valence electrons. The Labute approximate surface area is 114 Å². The molecule has 0 aromatic carbocycles. The summed E-state index contributed by atoms with van der Waals surface area (Å²) in [5.74, 6) is 0.888. The van der Waals surface area contributed by atoms with E-state index in [0.29, 0.717) is 5.69 Å². The Morgan fingerprint density at radius 1 is 1.32 bits per heavy atom. The van der Waals surface area contributed by atoms with Crippen LogP contribution in [0, 0.1) is 0 Å². The molecule has 0 aliphatic rings. The molecular weight excluding hydrogens is 242 g/mol. The van der Waals surface area contributed by atoms with Crippen LogP contribution in [0.3, 0.4) is 0 Å². The zero-order valence-corrected chi connectivity index (χ0v) is 11.9. The number of rotatable bonds is 7. The van der Waals surface area contributed by atoms with E-state index in [0.717, 1.165) is 31.9 Å². The van der Waals surface area contributed by atoms with Gasteiger partial charge in [-0.05, 0) is 32.6 Å². The van der Waals surface area contributed by atoms with Gasteiger partial charge >= 0.3 is 0 Å². The molecule has 0 fully saturated rings. The van der Waals surface area contributed by atoms with E-state index in [1.807, 2.05) is 26.2 Å². The number of nitrogens with zero attached hydrogens (tertiary/aromatic N) is 4. The molecule has 6 nitrogen and oxygen atoms in total. The van der Waals surface area contributed by atoms with Crippen LogP contribution in [0.15, 0.2) is 23.4 Å². The smallest absolute Gasteiger partial charge is 0.188 e. The van der Waals surface area contributed by atoms with E-state index in [4.69, 9.17) is 10.9 Å². The number of pyridine rings is 1. The zero-order chi connectivity index (χ0) is 14.3. The van der Waals surface area contributed by atoms with Gasteiger partial charge in [0.2, 0.25) is 0 Å². The third-order valence-electron chi connectivity index (χ3n) is 2.74. The first-order valence-corrected chi connectivity index (χ1v) is 6.43. The monoisotopic (exact) mass is 265 g/mol. The van der Waals surface area contributed by atoms with Crippen molar-refractivity contribution in [3.8, 4) is 0 Å². The van der Waals surface area contributed by atoms with Gasteiger partial charge in [-0.1, -0.05) is 18.1 Å². The van der Waals surface area contributed by atoms with Crippen molar-refractivity contribution in [1.82, 2.24) is 9.88 Å². The van der Waals surface area contributed by atoms with Crippen LogP contribution in [-0.2, 0) is 0 Å². The number of aromatic nitrogens is 1. The van der Waals surface area contributed by atoms with Crippen LogP contribution in [0.5, 0.6) is 0 Å². The fraction of sp³-hybridized carbons (Fsp3) is 0.538. The molecule has 0 saturated heterocycles. The normalized spacial score (nSPS) is 11.9. The highest BCUT2D eigenvalue weighted by atomic mass is 16.4. The molecule has 0 bridgehead atoms. The van der Waals surface area contributed by atoms with Gasteiger partial charge in [-0.3, -0.25) is 0 Å². The van der Waals surface area contributed by atoms with Crippen LogP contribution < -0.4 is 10.6 Å². The summed E-state index contributed by atoms with van der Waals surface area (Å²) in [5.41, 5.74) is 6.06. The lowest BCUT2D eigenvalue weighted by Gasteiger charge is -2.25. The minimum atomic E-state index is 0.0332. The summed E-state index contributed by atoms with van der Waals surface area (Å²) in [6.07, 6.45) is 1.04. The van der Waals surface area contributed by atoms with E-state index in [-0.39, 0.29) is 5.84 Å². The minimum Gasteiger partial charge on any atom is -0.409 e. The van der Waals surface area contributed by atoms with E-state index in [9.17, 15) is 0 Å². The van der Waals surface area contributed by atoms with Crippen molar-refractivity contribution in [2.24, 2.45) is 10.9 Å². The van der Waals surface area contributed by atoms with Crippen molar-refractivity contribution in [3.05, 3.63) is 23.9 Å². The maximum Gasteiger partial charge on any atom is 0.188 e. The van der Waals surface area contributed by atoms with Crippen LogP contribution in [0.25, 0.3) is 0 Å². The number of anilines is 1. The quantitative estimate of drug-likeness (QED) is 0.332. The molecule has 0 atom stereocenters. The second-order valence-electron chi connectivity index (χ2n) is 4.66. The van der Waals surface area contributed by atoms with E-state index in [1.165, 1.54) is 0 Å². The highest BCUT2D eigenvalue weighted by Crippen LogP contribution is 2.12. The third kappa shape index (κ3) is 4.75. The lowest BCUT2D eigenvalue weighted by molar-refractivity contribution is 0.318. The van der Waals surface area contributed by atoms with Crippen LogP contribution in [-0.4, -0.2) is 54.7 Å². The van der Waals surface area contributed by atoms with Crippen molar-refractivity contribution in [2.45, 2.75) is 13.3 Å². The van der Waals surface area contributed by atoms with E-state index < -0.39 is 0 Å². The first kappa shape index (κ1) is 15.2. The SMILES string of the molecule is CCCN(CCN(C)C)c1cccc(C(N)=NO)n1. The maximum atomic E-state index is 8.70. The molecule has 3 N–H and O–H groups in total. The minimum absolute atomic E-state index is 0.0332. The van der Waals surface area contributed by atoms with Gasteiger partial charge in [-0.15, -0.1) is 0 Å². The van der Waals surface area contributed by atoms with E-state index in [1.54, 1.807) is 6.07 Å². The summed E-state index contributed by atoms with van der Waals surface area (Å²) < 4.78 is 0. The topological polar surface area (TPSA) is 78.0 Å². The van der Waals surface area contributed by atoms with Crippen LogP contribution in [0.2, 0.25) is 0 Å². The van der Waals surface area contributed by atoms with Crippen molar-refractivity contribution in [3.63, 3.8) is 0 Å². The van der Waals surface area contributed by atoms with E-state index >= 15 is 0 Å². The van der Waals surface area contributed by atoms with Crippen LogP contribution >= 0.6 is 0 Å². The molecule has 0 unspecified atom stereocenters. The Hall–Kier alpha value is -1.82. The van der Waals surface area contributed by atoms with Crippen molar-refractivity contribution >= 4 is 11.7 Å². The molecule has 19 heavy (non-hydrogen) atoms. The van der Waals surface area contributed by atoms with Gasteiger partial charge in [0.25, 0.3) is 0 Å². The summed E-state index contributed by atoms with van der Waals surface area (Å²) in [6.45, 7) is 4.92. The average molecular weight is 265 g/mol. The number of hydrogen-bond donors (Lipinski definition) is 2. The van der Waals surface area contributed by atoms with Gasteiger partial charge in [0.15, 0.2) is 5.84 Å². The van der Waals surface area contributed by atoms with Crippen molar-refractivity contribution < 1.29 is 5.21 Å². The highest BCUT2D eigenvalue weighted by molar-refractivity contribution is 5.95. The molecule has 1 rings (SSSR count). The van der Waals surface area contributed by atoms with Gasteiger partial charge in [-0.2, -0.15) is 0 Å². The number of hydrogen-bond acceptors (Lipinski definition) is 5. The fourth-order valence-corrected chi connectivity index (χ4v) is 1.72. The second-order valence-corrected chi connectivity index (χ2v) is 4.66. The van der Waals surface area contributed by atoms with Gasteiger partial charge in [0.1, 0.15) is 11.5 Å². The summed E-state index contributed by atoms with van der Waals surface area (Å²) in [6, 6.07) is 5.54. The van der Waals surface area contributed by atoms with Gasteiger partial charge in [0.05, 0.1) is 0 Å². The molecule has 0 aliphatic heterocycles. The molecule has 0 radical (unpaired) electrons. The zero-order valence-electron chi connectivity index (χ0n) is 11.9. The lowest BCUT2D eigenvalue weighted by atomic mass is 10.3. The first-order chi connectivity index (χ1) is 9.08. The van der Waals surface area contributed by atoms with Gasteiger partial charge in [0, 0.05) is 19.6 Å². The first-order valence-electron chi connectivity index (χ1n) is 6.43. The fourth-order valence-electron chi connectivity index (χ4n) is 1.72. The van der Waals surface area contributed by atoms with Gasteiger partial charge in [-0.25, -0.2) is 4.98 Å². The molecule has 0 amide bonds. The summed E-state index contributed by atoms with van der Waals surface area (Å²) >= 11 is 0. The Morgan fingerprint density at radius 3 is 2.63 bits per heavy atom. The maximum absolute atomic E-state index is 8.70.